The van der Waals surface area contributed by atoms with E-state index in [9.17, 15) is 0 Å². The normalized spacial score (nSPS) is 8.42. The zero-order valence-corrected chi connectivity index (χ0v) is 13.8. The molecular weight excluding hydrogens is 319 g/mol. The van der Waals surface area contributed by atoms with E-state index in [1.807, 2.05) is 38.1 Å². The Kier molecular flexibility index (Phi) is 10.8. The van der Waals surface area contributed by atoms with E-state index in [1.54, 1.807) is 24.3 Å². The zero-order chi connectivity index (χ0) is 14.7. The third-order valence-corrected chi connectivity index (χ3v) is 2.07. The molecular formula is C14H16Cl2O2Ti. The van der Waals surface area contributed by atoms with Gasteiger partial charge in [-0.1, -0.05) is 35.4 Å². The number of aryl methyl sites for hydroxylation is 2. The van der Waals surface area contributed by atoms with Crippen LogP contribution in [-0.2, 0) is 17.0 Å². The molecule has 0 amide bonds. The number of halogens is 2. The summed E-state index contributed by atoms with van der Waals surface area (Å²) in [7, 11) is 9.78. The van der Waals surface area contributed by atoms with Crippen molar-refractivity contribution in [2.24, 2.45) is 0 Å². The third kappa shape index (κ3) is 10.9. The van der Waals surface area contributed by atoms with Gasteiger partial charge < -0.3 is 10.2 Å². The minimum absolute atomic E-state index is 0.329. The molecule has 5 heteroatoms. The number of phenolic OH excluding ortho intramolecular Hbond substituents is 2. The van der Waals surface area contributed by atoms with Crippen LogP contribution in [0.2, 0.25) is 0 Å². The molecule has 0 radical (unpaired) electrons. The molecule has 0 bridgehead atoms. The van der Waals surface area contributed by atoms with Gasteiger partial charge in [-0.25, -0.2) is 0 Å². The van der Waals surface area contributed by atoms with Crippen LogP contribution in [0.3, 0.4) is 0 Å². The number of benzene rings is 2. The molecule has 0 spiro atoms. The predicted octanol–water partition coefficient (Wildman–Crippen LogP) is 4.78. The van der Waals surface area contributed by atoms with Gasteiger partial charge in [0.2, 0.25) is 0 Å². The van der Waals surface area contributed by atoms with Crippen molar-refractivity contribution in [3.8, 4) is 11.5 Å². The number of hydrogen-bond donors (Lipinski definition) is 2. The van der Waals surface area contributed by atoms with E-state index in [4.69, 9.17) is 28.8 Å². The first-order valence-electron chi connectivity index (χ1n) is 5.47. The average molecular weight is 335 g/mol. The first kappa shape index (κ1) is 18.3. The predicted molar refractivity (Wildman–Crippen MR) is 77.4 cm³/mol. The van der Waals surface area contributed by atoms with Crippen LogP contribution in [-0.4, -0.2) is 10.2 Å². The van der Waals surface area contributed by atoms with Crippen molar-refractivity contribution in [1.29, 1.82) is 0 Å². The summed E-state index contributed by atoms with van der Waals surface area (Å²) < 4.78 is 0. The van der Waals surface area contributed by atoms with Crippen molar-refractivity contribution < 1.29 is 27.2 Å². The Morgan fingerprint density at radius 2 is 0.895 bits per heavy atom. The van der Waals surface area contributed by atoms with E-state index in [-0.39, 0.29) is 0 Å². The summed E-state index contributed by atoms with van der Waals surface area (Å²) in [4.78, 5) is 0. The molecule has 0 fully saturated rings. The summed E-state index contributed by atoms with van der Waals surface area (Å²) in [5.74, 6) is 0.659. The van der Waals surface area contributed by atoms with Crippen LogP contribution in [0.1, 0.15) is 11.1 Å². The fourth-order valence-electron chi connectivity index (χ4n) is 1.09. The molecule has 102 valence electrons. The van der Waals surface area contributed by atoms with Gasteiger partial charge in [0, 0.05) is 0 Å². The summed E-state index contributed by atoms with van der Waals surface area (Å²) >= 11 is -0.556. The van der Waals surface area contributed by atoms with Gasteiger partial charge in [-0.3, -0.25) is 0 Å². The van der Waals surface area contributed by atoms with Gasteiger partial charge in [0.1, 0.15) is 11.5 Å². The van der Waals surface area contributed by atoms with E-state index < -0.39 is 17.0 Å². The van der Waals surface area contributed by atoms with Crippen LogP contribution in [0.15, 0.2) is 48.5 Å². The Morgan fingerprint density at radius 3 is 1.05 bits per heavy atom. The molecule has 0 saturated carbocycles. The van der Waals surface area contributed by atoms with Crippen LogP contribution in [0.5, 0.6) is 11.5 Å². The van der Waals surface area contributed by atoms with Crippen molar-refractivity contribution in [3.05, 3.63) is 59.7 Å². The average Bonchev–Trinajstić information content (AvgIpc) is 2.38. The summed E-state index contributed by atoms with van der Waals surface area (Å²) in [6.07, 6.45) is 0. The molecule has 19 heavy (non-hydrogen) atoms. The second-order valence-corrected chi connectivity index (χ2v) is 6.32. The van der Waals surface area contributed by atoms with Gasteiger partial charge in [-0.2, -0.15) is 0 Å². The molecule has 2 aromatic rings. The molecule has 2 N–H and O–H groups in total. The number of rotatable bonds is 0. The topological polar surface area (TPSA) is 40.5 Å². The molecule has 0 aliphatic carbocycles. The van der Waals surface area contributed by atoms with Crippen molar-refractivity contribution in [1.82, 2.24) is 0 Å². The van der Waals surface area contributed by atoms with Crippen LogP contribution in [0.25, 0.3) is 0 Å². The quantitative estimate of drug-likeness (QED) is 0.681. The first-order valence-corrected chi connectivity index (χ1v) is 9.77. The Hall–Kier alpha value is -0.666. The van der Waals surface area contributed by atoms with E-state index in [1.165, 1.54) is 11.1 Å². The van der Waals surface area contributed by atoms with Gasteiger partial charge in [-0.15, -0.1) is 0 Å². The van der Waals surface area contributed by atoms with Crippen molar-refractivity contribution in [3.63, 3.8) is 0 Å². The van der Waals surface area contributed by atoms with E-state index in [0.717, 1.165) is 0 Å². The minimum atomic E-state index is -0.556. The molecule has 0 saturated heterocycles. The number of hydrogen-bond acceptors (Lipinski definition) is 2. The summed E-state index contributed by atoms with van der Waals surface area (Å²) in [5.41, 5.74) is 2.34. The number of aromatic hydroxyl groups is 2. The molecule has 0 aliphatic heterocycles. The Bertz CT molecular complexity index is 359. The molecule has 0 aromatic heterocycles. The Balaban J connectivity index is 0.000000284. The van der Waals surface area contributed by atoms with Crippen LogP contribution >= 0.6 is 18.6 Å². The number of phenols is 2. The second-order valence-electron chi connectivity index (χ2n) is 3.74. The first-order chi connectivity index (χ1) is 8.99. The van der Waals surface area contributed by atoms with Gasteiger partial charge in [0.25, 0.3) is 0 Å². The van der Waals surface area contributed by atoms with E-state index >= 15 is 0 Å². The molecule has 0 aliphatic rings. The molecule has 2 nitrogen and oxygen atoms in total. The van der Waals surface area contributed by atoms with Crippen LogP contribution < -0.4 is 0 Å². The van der Waals surface area contributed by atoms with Crippen molar-refractivity contribution in [2.45, 2.75) is 13.8 Å². The van der Waals surface area contributed by atoms with Gasteiger partial charge in [0.15, 0.2) is 0 Å². The second kappa shape index (κ2) is 11.2. The van der Waals surface area contributed by atoms with Crippen LogP contribution in [0, 0.1) is 13.8 Å². The maximum atomic E-state index is 8.76. The summed E-state index contributed by atoms with van der Waals surface area (Å²) in [6.45, 7) is 3.97. The fourth-order valence-corrected chi connectivity index (χ4v) is 1.09. The van der Waals surface area contributed by atoms with E-state index in [2.05, 4.69) is 0 Å². The summed E-state index contributed by atoms with van der Waals surface area (Å²) in [6, 6.07) is 14.2. The Morgan fingerprint density at radius 1 is 0.684 bits per heavy atom. The molecule has 2 rings (SSSR count). The van der Waals surface area contributed by atoms with Crippen molar-refractivity contribution >= 4 is 18.6 Å². The fraction of sp³-hybridized carbons (Fsp3) is 0.143. The standard InChI is InChI=1S/2C7H8O.2ClH.Ti/c2*1-6-2-4-7(8)5-3-6;;;/h2*2-5,8H,1H3;2*1H;/q;;;;+2/p-2. The molecule has 0 atom stereocenters. The summed E-state index contributed by atoms with van der Waals surface area (Å²) in [5, 5.41) is 17.5. The molecule has 2 aromatic carbocycles. The monoisotopic (exact) mass is 334 g/mol. The van der Waals surface area contributed by atoms with Gasteiger partial charge in [0.05, 0.1) is 0 Å². The maximum absolute atomic E-state index is 8.76. The van der Waals surface area contributed by atoms with Crippen molar-refractivity contribution in [2.75, 3.05) is 0 Å². The molecule has 0 unspecified atom stereocenters. The van der Waals surface area contributed by atoms with Gasteiger partial charge >= 0.3 is 35.6 Å². The van der Waals surface area contributed by atoms with Crippen LogP contribution in [0.4, 0.5) is 0 Å². The Labute approximate surface area is 130 Å². The SMILES string of the molecule is Cc1ccc(O)cc1.Cc1ccc(O)cc1.[Cl][Ti][Cl]. The van der Waals surface area contributed by atoms with E-state index in [0.29, 0.717) is 11.5 Å². The third-order valence-electron chi connectivity index (χ3n) is 2.07. The zero-order valence-electron chi connectivity index (χ0n) is 10.8. The van der Waals surface area contributed by atoms with Gasteiger partial charge in [-0.05, 0) is 38.1 Å². The molecule has 0 heterocycles.